The van der Waals surface area contributed by atoms with E-state index in [-0.39, 0.29) is 30.5 Å². The molecule has 5 unspecified atom stereocenters. The Hall–Kier alpha value is -0.540. The Kier molecular flexibility index (Phi) is 15.7. The first-order valence-electron chi connectivity index (χ1n) is 16.3. The molecule has 0 aromatic carbocycles. The van der Waals surface area contributed by atoms with Gasteiger partial charge in [-0.05, 0) is 32.1 Å². The number of rotatable bonds is 10. The van der Waals surface area contributed by atoms with Crippen molar-refractivity contribution in [3.63, 3.8) is 0 Å². The Balaban J connectivity index is 1.01. The van der Waals surface area contributed by atoms with Gasteiger partial charge in [-0.25, -0.2) is 0 Å². The van der Waals surface area contributed by atoms with Crippen LogP contribution in [0.15, 0.2) is 12.2 Å². The minimum atomic E-state index is -0.0443. The second-order valence-corrected chi connectivity index (χ2v) is 12.0. The molecule has 4 aliphatic rings. The lowest BCUT2D eigenvalue weighted by atomic mass is 10.1. The van der Waals surface area contributed by atoms with Crippen molar-refractivity contribution in [1.29, 1.82) is 0 Å². The van der Waals surface area contributed by atoms with Crippen molar-refractivity contribution < 1.29 is 33.2 Å². The molecule has 2 aliphatic heterocycles. The lowest BCUT2D eigenvalue weighted by Gasteiger charge is -2.32. The zero-order chi connectivity index (χ0) is 26.8. The van der Waals surface area contributed by atoms with E-state index in [1.165, 1.54) is 89.9 Å². The van der Waals surface area contributed by atoms with Gasteiger partial charge in [0.2, 0.25) is 0 Å². The van der Waals surface area contributed by atoms with Crippen molar-refractivity contribution in [2.45, 2.75) is 139 Å². The highest BCUT2D eigenvalue weighted by Gasteiger charge is 2.26. The van der Waals surface area contributed by atoms with E-state index in [0.717, 1.165) is 12.8 Å². The van der Waals surface area contributed by atoms with Gasteiger partial charge in [0, 0.05) is 0 Å². The second kappa shape index (κ2) is 19.6. The third-order valence-electron chi connectivity index (χ3n) is 8.46. The topological polar surface area (TPSA) is 64.6 Å². The molecule has 0 aromatic heterocycles. The first kappa shape index (κ1) is 31.4. The van der Waals surface area contributed by atoms with Gasteiger partial charge in [-0.1, -0.05) is 82.8 Å². The summed E-state index contributed by atoms with van der Waals surface area (Å²) in [5, 5.41) is 0. The molecule has 3 fully saturated rings. The quantitative estimate of drug-likeness (QED) is 0.301. The SMILES string of the molecule is C1=CC(OCC2COC(COCC3COC(COC4CCCCCCCC4)CO3)CO2)CCCCCCCC1. The second-order valence-electron chi connectivity index (χ2n) is 12.0. The molecule has 0 aromatic rings. The summed E-state index contributed by atoms with van der Waals surface area (Å²) in [6.45, 7) is 4.45. The monoisotopic (exact) mass is 552 g/mol. The van der Waals surface area contributed by atoms with E-state index in [2.05, 4.69) is 12.2 Å². The molecule has 1 saturated carbocycles. The minimum Gasteiger partial charge on any atom is -0.376 e. The van der Waals surface area contributed by atoms with Gasteiger partial charge in [0.15, 0.2) is 0 Å². The maximum atomic E-state index is 6.22. The fourth-order valence-electron chi connectivity index (χ4n) is 5.92. The summed E-state index contributed by atoms with van der Waals surface area (Å²) in [6.07, 6.45) is 25.6. The molecule has 2 aliphatic carbocycles. The van der Waals surface area contributed by atoms with Crippen LogP contribution in [0.2, 0.25) is 0 Å². The Labute approximate surface area is 237 Å². The van der Waals surface area contributed by atoms with Crippen LogP contribution in [0, 0.1) is 0 Å². The summed E-state index contributed by atoms with van der Waals surface area (Å²) < 4.78 is 42.4. The van der Waals surface area contributed by atoms with Gasteiger partial charge >= 0.3 is 0 Å². The zero-order valence-corrected chi connectivity index (χ0v) is 24.4. The normalized spacial score (nSPS) is 33.0. The van der Waals surface area contributed by atoms with Gasteiger partial charge < -0.3 is 33.2 Å². The summed E-state index contributed by atoms with van der Waals surface area (Å²) in [5.74, 6) is 0. The molecular formula is C32H56O7. The summed E-state index contributed by atoms with van der Waals surface area (Å²) in [4.78, 5) is 0. The minimum absolute atomic E-state index is 0.00561. The Morgan fingerprint density at radius 1 is 0.487 bits per heavy atom. The maximum absolute atomic E-state index is 6.22. The fourth-order valence-corrected chi connectivity index (χ4v) is 5.92. The van der Waals surface area contributed by atoms with Crippen LogP contribution >= 0.6 is 0 Å². The zero-order valence-electron chi connectivity index (χ0n) is 24.4. The molecule has 4 rings (SSSR count). The largest absolute Gasteiger partial charge is 0.376 e. The number of hydrogen-bond acceptors (Lipinski definition) is 7. The van der Waals surface area contributed by atoms with E-state index in [9.17, 15) is 0 Å². The van der Waals surface area contributed by atoms with Crippen LogP contribution in [-0.2, 0) is 33.2 Å². The first-order chi connectivity index (χ1) is 19.3. The van der Waals surface area contributed by atoms with E-state index in [1.807, 2.05) is 0 Å². The third-order valence-corrected chi connectivity index (χ3v) is 8.46. The van der Waals surface area contributed by atoms with Gasteiger partial charge in [-0.3, -0.25) is 0 Å². The van der Waals surface area contributed by atoms with E-state index in [4.69, 9.17) is 33.2 Å². The summed E-state index contributed by atoms with van der Waals surface area (Å²) in [6, 6.07) is 0. The summed E-state index contributed by atoms with van der Waals surface area (Å²) in [5.41, 5.74) is 0. The number of hydrogen-bond donors (Lipinski definition) is 0. The van der Waals surface area contributed by atoms with Crippen LogP contribution in [0.1, 0.15) is 103 Å². The van der Waals surface area contributed by atoms with E-state index in [0.29, 0.717) is 59.0 Å². The number of allylic oxidation sites excluding steroid dienone is 1. The standard InChI is InChI=1S/C32H56O7/c1-2-4-8-12-16-27(15-11-7-3-1)34-23-31-25-36-29(21-38-31)19-33-20-30-22-39-32(26-37-30)24-35-28-17-13-9-5-6-10-14-18-28/h11,15,27-32H,1-10,12-14,16-26H2. The molecule has 226 valence electrons. The van der Waals surface area contributed by atoms with Crippen molar-refractivity contribution >= 4 is 0 Å². The molecule has 7 nitrogen and oxygen atoms in total. The van der Waals surface area contributed by atoms with E-state index in [1.54, 1.807) is 0 Å². The van der Waals surface area contributed by atoms with E-state index >= 15 is 0 Å². The molecule has 7 heteroatoms. The van der Waals surface area contributed by atoms with Crippen LogP contribution in [0.4, 0.5) is 0 Å². The average Bonchev–Trinajstić information content (AvgIpc) is 3.06. The van der Waals surface area contributed by atoms with Gasteiger partial charge in [-0.15, -0.1) is 0 Å². The fraction of sp³-hybridized carbons (Fsp3) is 0.938. The molecule has 39 heavy (non-hydrogen) atoms. The predicted molar refractivity (Wildman–Crippen MR) is 152 cm³/mol. The highest BCUT2D eigenvalue weighted by atomic mass is 16.6. The van der Waals surface area contributed by atoms with Crippen LogP contribution in [0.25, 0.3) is 0 Å². The molecule has 0 amide bonds. The third kappa shape index (κ3) is 13.3. The lowest BCUT2D eigenvalue weighted by Crippen LogP contribution is -2.43. The van der Waals surface area contributed by atoms with Gasteiger partial charge in [0.25, 0.3) is 0 Å². The van der Waals surface area contributed by atoms with Crippen LogP contribution in [0.5, 0.6) is 0 Å². The maximum Gasteiger partial charge on any atom is 0.104 e. The molecular weight excluding hydrogens is 496 g/mol. The van der Waals surface area contributed by atoms with Crippen LogP contribution in [-0.4, -0.2) is 89.5 Å². The average molecular weight is 553 g/mol. The van der Waals surface area contributed by atoms with Crippen molar-refractivity contribution in [2.75, 3.05) is 52.9 Å². The Morgan fingerprint density at radius 2 is 0.949 bits per heavy atom. The molecule has 2 heterocycles. The highest BCUT2D eigenvalue weighted by Crippen LogP contribution is 2.21. The van der Waals surface area contributed by atoms with E-state index < -0.39 is 0 Å². The van der Waals surface area contributed by atoms with Crippen LogP contribution < -0.4 is 0 Å². The first-order valence-corrected chi connectivity index (χ1v) is 16.3. The molecule has 0 radical (unpaired) electrons. The van der Waals surface area contributed by atoms with Crippen LogP contribution in [0.3, 0.4) is 0 Å². The summed E-state index contributed by atoms with van der Waals surface area (Å²) >= 11 is 0. The van der Waals surface area contributed by atoms with Crippen molar-refractivity contribution in [3.8, 4) is 0 Å². The van der Waals surface area contributed by atoms with Crippen molar-refractivity contribution in [2.24, 2.45) is 0 Å². The number of ether oxygens (including phenoxy) is 7. The highest BCUT2D eigenvalue weighted by molar-refractivity contribution is 4.90. The molecule has 0 spiro atoms. The molecule has 2 saturated heterocycles. The van der Waals surface area contributed by atoms with Crippen molar-refractivity contribution in [3.05, 3.63) is 12.2 Å². The van der Waals surface area contributed by atoms with Gasteiger partial charge in [-0.2, -0.15) is 0 Å². The smallest absolute Gasteiger partial charge is 0.104 e. The van der Waals surface area contributed by atoms with Gasteiger partial charge in [0.1, 0.15) is 24.4 Å². The van der Waals surface area contributed by atoms with Gasteiger partial charge in [0.05, 0.1) is 65.1 Å². The molecule has 0 N–H and O–H groups in total. The Morgan fingerprint density at radius 3 is 1.51 bits per heavy atom. The molecule has 0 bridgehead atoms. The summed E-state index contributed by atoms with van der Waals surface area (Å²) in [7, 11) is 0. The van der Waals surface area contributed by atoms with Crippen molar-refractivity contribution in [1.82, 2.24) is 0 Å². The molecule has 5 atom stereocenters. The lowest BCUT2D eigenvalue weighted by molar-refractivity contribution is -0.189. The predicted octanol–water partition coefficient (Wildman–Crippen LogP) is 6.17. The Bertz CT molecular complexity index is 618.